The number of carbonyl (C=O) groups is 2. The normalized spacial score (nSPS) is 12.7. The van der Waals surface area contributed by atoms with E-state index in [1.54, 1.807) is 29.2 Å². The van der Waals surface area contributed by atoms with E-state index in [9.17, 15) is 9.59 Å². The van der Waals surface area contributed by atoms with Crippen molar-refractivity contribution in [1.29, 1.82) is 0 Å². The van der Waals surface area contributed by atoms with Crippen LogP contribution in [0.1, 0.15) is 15.9 Å². The van der Waals surface area contributed by atoms with Gasteiger partial charge in [-0.3, -0.25) is 4.79 Å². The molecule has 0 saturated carbocycles. The van der Waals surface area contributed by atoms with Crippen molar-refractivity contribution in [2.45, 2.75) is 6.42 Å². The Kier molecular flexibility index (Phi) is 4.28. The van der Waals surface area contributed by atoms with Gasteiger partial charge in [0.05, 0.1) is 12.7 Å². The first kappa shape index (κ1) is 15.1. The lowest BCUT2D eigenvalue weighted by Crippen LogP contribution is -2.33. The van der Waals surface area contributed by atoms with Crippen LogP contribution >= 0.6 is 0 Å². The molecular weight excluding hydrogens is 294 g/mol. The first-order chi connectivity index (χ1) is 11.2. The summed E-state index contributed by atoms with van der Waals surface area (Å²) in [6.07, 6.45) is 0.861. The van der Waals surface area contributed by atoms with E-state index in [4.69, 9.17) is 4.74 Å². The third-order valence-corrected chi connectivity index (χ3v) is 3.81. The first-order valence-electron chi connectivity index (χ1n) is 7.38. The van der Waals surface area contributed by atoms with Crippen LogP contribution in [0.5, 0.6) is 5.75 Å². The summed E-state index contributed by atoms with van der Waals surface area (Å²) in [5.74, 6) is -0.0672. The van der Waals surface area contributed by atoms with Gasteiger partial charge in [-0.2, -0.15) is 0 Å². The molecule has 1 heterocycles. The zero-order chi connectivity index (χ0) is 16.2. The topological polar surface area (TPSA) is 55.8 Å². The minimum absolute atomic E-state index is 0.0705. The van der Waals surface area contributed by atoms with Crippen LogP contribution in [-0.4, -0.2) is 32.1 Å². The molecular formula is C18H17NO4. The van der Waals surface area contributed by atoms with E-state index >= 15 is 0 Å². The third-order valence-electron chi connectivity index (χ3n) is 3.81. The average Bonchev–Trinajstić information content (AvgIpc) is 3.03. The minimum Gasteiger partial charge on any atom is -0.484 e. The number of carbonyl (C=O) groups excluding carboxylic acids is 2. The average molecular weight is 311 g/mol. The van der Waals surface area contributed by atoms with Gasteiger partial charge in [-0.25, -0.2) is 4.79 Å². The highest BCUT2D eigenvalue weighted by Gasteiger charge is 2.24. The Labute approximate surface area is 134 Å². The number of nitrogens with zero attached hydrogens (tertiary/aromatic N) is 1. The van der Waals surface area contributed by atoms with Crippen molar-refractivity contribution in [3.05, 3.63) is 59.7 Å². The number of amides is 1. The molecule has 23 heavy (non-hydrogen) atoms. The smallest absolute Gasteiger partial charge is 0.337 e. The van der Waals surface area contributed by atoms with Crippen molar-refractivity contribution >= 4 is 17.6 Å². The van der Waals surface area contributed by atoms with Gasteiger partial charge in [-0.15, -0.1) is 0 Å². The fraction of sp³-hybridized carbons (Fsp3) is 0.222. The summed E-state index contributed by atoms with van der Waals surface area (Å²) in [7, 11) is 1.32. The highest BCUT2D eigenvalue weighted by molar-refractivity contribution is 5.96. The molecule has 118 valence electrons. The van der Waals surface area contributed by atoms with Gasteiger partial charge in [-0.1, -0.05) is 24.3 Å². The molecule has 1 amide bonds. The molecule has 2 aromatic rings. The molecule has 0 aliphatic carbocycles. The second-order valence-electron chi connectivity index (χ2n) is 5.23. The molecule has 0 aromatic heterocycles. The zero-order valence-corrected chi connectivity index (χ0v) is 12.8. The van der Waals surface area contributed by atoms with Gasteiger partial charge in [0.15, 0.2) is 6.61 Å². The van der Waals surface area contributed by atoms with Gasteiger partial charge in [0.25, 0.3) is 5.91 Å². The van der Waals surface area contributed by atoms with Crippen LogP contribution in [0.25, 0.3) is 0 Å². The molecule has 0 unspecified atom stereocenters. The van der Waals surface area contributed by atoms with Gasteiger partial charge < -0.3 is 14.4 Å². The molecule has 0 radical (unpaired) electrons. The summed E-state index contributed by atoms with van der Waals surface area (Å²) in [5.41, 5.74) is 2.52. The molecule has 0 fully saturated rings. The summed E-state index contributed by atoms with van der Waals surface area (Å²) in [6, 6.07) is 14.5. The standard InChI is InChI=1S/C18H17NO4/c1-22-18(21)14-6-4-7-15(11-14)23-12-17(20)19-10-9-13-5-2-3-8-16(13)19/h2-8,11H,9-10,12H2,1H3. The van der Waals surface area contributed by atoms with Gasteiger partial charge in [0, 0.05) is 12.2 Å². The van der Waals surface area contributed by atoms with Crippen molar-refractivity contribution in [3.63, 3.8) is 0 Å². The van der Waals surface area contributed by atoms with Crippen molar-refractivity contribution in [3.8, 4) is 5.75 Å². The quantitative estimate of drug-likeness (QED) is 0.814. The van der Waals surface area contributed by atoms with Crippen molar-refractivity contribution in [2.24, 2.45) is 0 Å². The number of benzene rings is 2. The zero-order valence-electron chi connectivity index (χ0n) is 12.8. The lowest BCUT2D eigenvalue weighted by atomic mass is 10.2. The van der Waals surface area contributed by atoms with Crippen LogP contribution in [0, 0.1) is 0 Å². The van der Waals surface area contributed by atoms with Gasteiger partial charge >= 0.3 is 5.97 Å². The maximum atomic E-state index is 12.4. The van der Waals surface area contributed by atoms with Gasteiger partial charge in [-0.05, 0) is 36.2 Å². The number of para-hydroxylation sites is 1. The number of esters is 1. The molecule has 1 aliphatic heterocycles. The van der Waals surface area contributed by atoms with E-state index in [-0.39, 0.29) is 12.5 Å². The first-order valence-corrected chi connectivity index (χ1v) is 7.38. The molecule has 3 rings (SSSR count). The van der Waals surface area contributed by atoms with Crippen molar-refractivity contribution in [2.75, 3.05) is 25.2 Å². The fourth-order valence-electron chi connectivity index (χ4n) is 2.65. The number of methoxy groups -OCH3 is 1. The van der Waals surface area contributed by atoms with Crippen LogP contribution in [0.4, 0.5) is 5.69 Å². The van der Waals surface area contributed by atoms with E-state index in [0.29, 0.717) is 17.9 Å². The number of anilines is 1. The highest BCUT2D eigenvalue weighted by Crippen LogP contribution is 2.27. The van der Waals surface area contributed by atoms with E-state index in [1.807, 2.05) is 24.3 Å². The fourth-order valence-corrected chi connectivity index (χ4v) is 2.65. The summed E-state index contributed by atoms with van der Waals surface area (Å²) < 4.78 is 10.2. The Morgan fingerprint density at radius 1 is 1.13 bits per heavy atom. The minimum atomic E-state index is -0.435. The summed E-state index contributed by atoms with van der Waals surface area (Å²) in [5, 5.41) is 0. The van der Waals surface area contributed by atoms with E-state index in [2.05, 4.69) is 4.74 Å². The molecule has 0 N–H and O–H groups in total. The van der Waals surface area contributed by atoms with Gasteiger partial charge in [0.1, 0.15) is 5.75 Å². The second-order valence-corrected chi connectivity index (χ2v) is 5.23. The van der Waals surface area contributed by atoms with Crippen molar-refractivity contribution in [1.82, 2.24) is 0 Å². The Morgan fingerprint density at radius 3 is 2.78 bits per heavy atom. The Hall–Kier alpha value is -2.82. The molecule has 0 spiro atoms. The summed E-state index contributed by atoms with van der Waals surface area (Å²) in [4.78, 5) is 25.6. The molecule has 0 saturated heterocycles. The largest absolute Gasteiger partial charge is 0.484 e. The number of fused-ring (bicyclic) bond motifs is 1. The predicted molar refractivity (Wildman–Crippen MR) is 85.8 cm³/mol. The number of ether oxygens (including phenoxy) is 2. The number of rotatable bonds is 4. The van der Waals surface area contributed by atoms with E-state index < -0.39 is 5.97 Å². The maximum Gasteiger partial charge on any atom is 0.337 e. The number of hydrogen-bond donors (Lipinski definition) is 0. The van der Waals surface area contributed by atoms with E-state index in [1.165, 1.54) is 12.7 Å². The molecule has 5 nitrogen and oxygen atoms in total. The summed E-state index contributed by atoms with van der Waals surface area (Å²) >= 11 is 0. The van der Waals surface area contributed by atoms with Crippen LogP contribution < -0.4 is 9.64 Å². The lowest BCUT2D eigenvalue weighted by molar-refractivity contribution is -0.120. The van der Waals surface area contributed by atoms with Gasteiger partial charge in [0.2, 0.25) is 0 Å². The molecule has 0 bridgehead atoms. The summed E-state index contributed by atoms with van der Waals surface area (Å²) in [6.45, 7) is 0.600. The van der Waals surface area contributed by atoms with E-state index in [0.717, 1.165) is 12.1 Å². The Morgan fingerprint density at radius 2 is 1.96 bits per heavy atom. The van der Waals surface area contributed by atoms with Crippen LogP contribution in [0.3, 0.4) is 0 Å². The number of hydrogen-bond acceptors (Lipinski definition) is 4. The Balaban J connectivity index is 1.65. The third kappa shape index (κ3) is 3.18. The van der Waals surface area contributed by atoms with Crippen LogP contribution in [0.2, 0.25) is 0 Å². The second kappa shape index (κ2) is 6.52. The van der Waals surface area contributed by atoms with Crippen molar-refractivity contribution < 1.29 is 19.1 Å². The SMILES string of the molecule is COC(=O)c1cccc(OCC(=O)N2CCc3ccccc32)c1. The molecule has 5 heteroatoms. The monoisotopic (exact) mass is 311 g/mol. The Bertz CT molecular complexity index is 741. The lowest BCUT2D eigenvalue weighted by Gasteiger charge is -2.17. The maximum absolute atomic E-state index is 12.4. The van der Waals surface area contributed by atoms with Crippen LogP contribution in [-0.2, 0) is 16.0 Å². The molecule has 1 aliphatic rings. The molecule has 2 aromatic carbocycles. The predicted octanol–water partition coefficient (Wildman–Crippen LogP) is 2.44. The van der Waals surface area contributed by atoms with Crippen LogP contribution in [0.15, 0.2) is 48.5 Å². The molecule has 0 atom stereocenters. The highest BCUT2D eigenvalue weighted by atomic mass is 16.5.